The third-order valence-corrected chi connectivity index (χ3v) is 9.31. The van der Waals surface area contributed by atoms with Gasteiger partial charge in [-0.1, -0.05) is 66.7 Å². The highest BCUT2D eigenvalue weighted by atomic mass is 32.2. The number of rotatable bonds is 7. The summed E-state index contributed by atoms with van der Waals surface area (Å²) in [5, 5.41) is 9.93. The Morgan fingerprint density at radius 1 is 1.00 bits per heavy atom. The van der Waals surface area contributed by atoms with Crippen molar-refractivity contribution in [3.8, 4) is 16.9 Å². The molecule has 1 N–H and O–H groups in total. The molecule has 5 aromatic rings. The second kappa shape index (κ2) is 11.7. The number of anilines is 1. The van der Waals surface area contributed by atoms with Crippen molar-refractivity contribution in [2.24, 2.45) is 0 Å². The fourth-order valence-electron chi connectivity index (χ4n) is 4.96. The van der Waals surface area contributed by atoms with Crippen LogP contribution >= 0.6 is 23.1 Å². The average Bonchev–Trinajstić information content (AvgIpc) is 3.63. The first-order chi connectivity index (χ1) is 20.0. The molecule has 0 spiro atoms. The molecule has 0 radical (unpaired) electrons. The molecule has 0 fully saturated rings. The van der Waals surface area contributed by atoms with Gasteiger partial charge in [-0.25, -0.2) is 9.07 Å². The molecule has 0 aliphatic carbocycles. The summed E-state index contributed by atoms with van der Waals surface area (Å²) in [5.74, 6) is 0.00104. The summed E-state index contributed by atoms with van der Waals surface area (Å²) >= 11 is 3.20. The number of hydrogen-bond donors (Lipinski definition) is 1. The Hall–Kier alpha value is -4.21. The van der Waals surface area contributed by atoms with Gasteiger partial charge in [-0.3, -0.25) is 14.5 Å². The molecule has 2 aromatic heterocycles. The number of amides is 2. The molecule has 6 rings (SSSR count). The summed E-state index contributed by atoms with van der Waals surface area (Å²) in [7, 11) is 0. The molecule has 0 saturated heterocycles. The number of aromatic nitrogens is 2. The third kappa shape index (κ3) is 5.55. The quantitative estimate of drug-likeness (QED) is 0.237. The molecule has 1 atom stereocenters. The molecule has 1 aliphatic heterocycles. The van der Waals surface area contributed by atoms with Crippen LogP contribution in [-0.2, 0) is 16.1 Å². The van der Waals surface area contributed by atoms with E-state index in [9.17, 15) is 14.0 Å². The van der Waals surface area contributed by atoms with E-state index in [2.05, 4.69) is 11.4 Å². The molecule has 9 heteroatoms. The number of para-hydroxylation sites is 1. The first-order valence-corrected chi connectivity index (χ1v) is 15.1. The van der Waals surface area contributed by atoms with Crippen molar-refractivity contribution < 1.29 is 14.0 Å². The van der Waals surface area contributed by atoms with Gasteiger partial charge in [0, 0.05) is 22.5 Å². The number of thioether (sulfide) groups is 1. The zero-order valence-electron chi connectivity index (χ0n) is 22.3. The van der Waals surface area contributed by atoms with Gasteiger partial charge >= 0.3 is 0 Å². The van der Waals surface area contributed by atoms with E-state index in [0.29, 0.717) is 5.82 Å². The number of nitrogens with zero attached hydrogens (tertiary/aromatic N) is 3. The summed E-state index contributed by atoms with van der Waals surface area (Å²) < 4.78 is 15.2. The topological polar surface area (TPSA) is 67.2 Å². The van der Waals surface area contributed by atoms with Crippen molar-refractivity contribution >= 4 is 40.7 Å². The molecule has 3 aromatic carbocycles. The molecule has 2 amide bonds. The summed E-state index contributed by atoms with van der Waals surface area (Å²) in [4.78, 5) is 29.8. The molecular formula is C32H27FN4O2S2. The summed E-state index contributed by atoms with van der Waals surface area (Å²) in [6, 6.07) is 27.9. The van der Waals surface area contributed by atoms with Crippen LogP contribution in [0.2, 0.25) is 0 Å². The lowest BCUT2D eigenvalue weighted by molar-refractivity contribution is -0.123. The lowest BCUT2D eigenvalue weighted by Gasteiger charge is -2.23. The molecule has 206 valence electrons. The molecule has 0 saturated carbocycles. The van der Waals surface area contributed by atoms with Crippen molar-refractivity contribution in [2.75, 3.05) is 17.2 Å². The average molecular weight is 583 g/mol. The Bertz CT molecular complexity index is 1680. The molecule has 3 heterocycles. The number of fused-ring (bicyclic) bond motifs is 1. The van der Waals surface area contributed by atoms with E-state index in [-0.39, 0.29) is 41.7 Å². The second-order valence-corrected chi connectivity index (χ2v) is 11.8. The predicted octanol–water partition coefficient (Wildman–Crippen LogP) is 6.53. The Labute approximate surface area is 245 Å². The number of aryl methyl sites for hydroxylation is 1. The SMILES string of the molecule is Cc1ccccc1-n1nc(-c2ccccc2)c2c1N(CC(=O)NCc1ccc(F)cc1)C(=O)CSC2c1cccs1. The molecule has 41 heavy (non-hydrogen) atoms. The smallest absolute Gasteiger partial charge is 0.240 e. The standard InChI is InChI=1S/C32H27FN4O2S2/c1-21-8-5-6-11-25(21)37-32-29(30(35-37)23-9-3-2-4-10-23)31(26-12-7-17-40-26)41-20-28(39)36(32)19-27(38)34-18-22-13-15-24(33)16-14-22/h2-17,31H,18-20H2,1H3,(H,34,38). The van der Waals surface area contributed by atoms with Crippen LogP contribution in [0, 0.1) is 12.7 Å². The molecule has 1 aliphatic rings. The number of nitrogens with one attached hydrogen (secondary N) is 1. The van der Waals surface area contributed by atoms with Crippen LogP contribution < -0.4 is 10.2 Å². The van der Waals surface area contributed by atoms with Gasteiger partial charge in [-0.05, 0) is 47.7 Å². The van der Waals surface area contributed by atoms with Gasteiger partial charge in [0.25, 0.3) is 0 Å². The fourth-order valence-corrected chi connectivity index (χ4v) is 7.14. The Balaban J connectivity index is 1.48. The van der Waals surface area contributed by atoms with Crippen molar-refractivity contribution in [3.05, 3.63) is 124 Å². The zero-order chi connectivity index (χ0) is 28.3. The summed E-state index contributed by atoms with van der Waals surface area (Å²) in [6.45, 7) is 2.07. The van der Waals surface area contributed by atoms with Crippen LogP contribution in [0.4, 0.5) is 10.2 Å². The van der Waals surface area contributed by atoms with Gasteiger partial charge in [0.05, 0.1) is 22.4 Å². The van der Waals surface area contributed by atoms with E-state index in [1.165, 1.54) is 12.1 Å². The van der Waals surface area contributed by atoms with Gasteiger partial charge in [-0.15, -0.1) is 23.1 Å². The Morgan fingerprint density at radius 3 is 2.49 bits per heavy atom. The maximum atomic E-state index is 13.8. The van der Waals surface area contributed by atoms with E-state index >= 15 is 0 Å². The highest BCUT2D eigenvalue weighted by Crippen LogP contribution is 2.49. The number of benzene rings is 3. The fraction of sp³-hybridized carbons (Fsp3) is 0.156. The summed E-state index contributed by atoms with van der Waals surface area (Å²) in [5.41, 5.74) is 5.23. The van der Waals surface area contributed by atoms with E-state index in [4.69, 9.17) is 5.10 Å². The van der Waals surface area contributed by atoms with E-state index in [1.807, 2.05) is 77.6 Å². The van der Waals surface area contributed by atoms with Crippen molar-refractivity contribution in [1.29, 1.82) is 0 Å². The predicted molar refractivity (Wildman–Crippen MR) is 163 cm³/mol. The largest absolute Gasteiger partial charge is 0.350 e. The maximum absolute atomic E-state index is 13.8. The zero-order valence-corrected chi connectivity index (χ0v) is 23.9. The first-order valence-electron chi connectivity index (χ1n) is 13.2. The monoisotopic (exact) mass is 582 g/mol. The van der Waals surface area contributed by atoms with E-state index in [1.54, 1.807) is 40.1 Å². The van der Waals surface area contributed by atoms with Crippen LogP contribution in [0.25, 0.3) is 16.9 Å². The van der Waals surface area contributed by atoms with Crippen LogP contribution in [0.15, 0.2) is 96.4 Å². The molecule has 6 nitrogen and oxygen atoms in total. The van der Waals surface area contributed by atoms with Crippen LogP contribution in [0.1, 0.15) is 26.8 Å². The van der Waals surface area contributed by atoms with Gasteiger partial charge < -0.3 is 5.32 Å². The lowest BCUT2D eigenvalue weighted by atomic mass is 10.0. The van der Waals surface area contributed by atoms with Gasteiger partial charge in [0.1, 0.15) is 18.2 Å². The van der Waals surface area contributed by atoms with Crippen LogP contribution in [0.5, 0.6) is 0 Å². The minimum atomic E-state index is -0.334. The second-order valence-electron chi connectivity index (χ2n) is 9.74. The number of carbonyl (C=O) groups excluding carboxylic acids is 2. The lowest BCUT2D eigenvalue weighted by Crippen LogP contribution is -2.42. The molecule has 0 bridgehead atoms. The minimum absolute atomic E-state index is 0.144. The number of halogens is 1. The number of carbonyl (C=O) groups is 2. The van der Waals surface area contributed by atoms with Crippen LogP contribution in [0.3, 0.4) is 0 Å². The molecule has 1 unspecified atom stereocenters. The van der Waals surface area contributed by atoms with Gasteiger partial charge in [0.2, 0.25) is 11.8 Å². The number of thiophene rings is 1. The van der Waals surface area contributed by atoms with Crippen molar-refractivity contribution in [2.45, 2.75) is 18.7 Å². The maximum Gasteiger partial charge on any atom is 0.240 e. The summed E-state index contributed by atoms with van der Waals surface area (Å²) in [6.07, 6.45) is 0. The van der Waals surface area contributed by atoms with Crippen LogP contribution in [-0.4, -0.2) is 33.9 Å². The minimum Gasteiger partial charge on any atom is -0.350 e. The number of hydrogen-bond acceptors (Lipinski definition) is 5. The van der Waals surface area contributed by atoms with Crippen molar-refractivity contribution in [1.82, 2.24) is 15.1 Å². The van der Waals surface area contributed by atoms with Gasteiger partial charge in [-0.2, -0.15) is 5.10 Å². The first kappa shape index (κ1) is 27.0. The van der Waals surface area contributed by atoms with E-state index in [0.717, 1.165) is 38.5 Å². The Kier molecular flexibility index (Phi) is 7.71. The highest BCUT2D eigenvalue weighted by Gasteiger charge is 2.38. The normalized spacial score (nSPS) is 14.9. The Morgan fingerprint density at radius 2 is 1.76 bits per heavy atom. The van der Waals surface area contributed by atoms with Crippen molar-refractivity contribution in [3.63, 3.8) is 0 Å². The third-order valence-electron chi connectivity index (χ3n) is 6.99. The van der Waals surface area contributed by atoms with Gasteiger partial charge in [0.15, 0.2) is 0 Å². The molecular weight excluding hydrogens is 556 g/mol. The highest BCUT2D eigenvalue weighted by molar-refractivity contribution is 8.00. The van der Waals surface area contributed by atoms with E-state index < -0.39 is 0 Å².